The molecule has 0 bridgehead atoms. The van der Waals surface area contributed by atoms with Gasteiger partial charge >= 0.3 is 0 Å². The van der Waals surface area contributed by atoms with Crippen molar-refractivity contribution in [1.82, 2.24) is 4.90 Å². The Hall–Kier alpha value is -0.380. The van der Waals surface area contributed by atoms with E-state index in [2.05, 4.69) is 45.1 Å². The zero-order valence-corrected chi connectivity index (χ0v) is 10.3. The number of alkyl halides is 1. The van der Waals surface area contributed by atoms with Gasteiger partial charge in [-0.3, -0.25) is 4.90 Å². The molecule has 2 rings (SSSR count). The number of benzene rings is 1. The van der Waals surface area contributed by atoms with Crippen LogP contribution in [0.3, 0.4) is 0 Å². The molecule has 3 heteroatoms. The molecule has 1 unspecified atom stereocenters. The van der Waals surface area contributed by atoms with Crippen LogP contribution in [0.15, 0.2) is 24.3 Å². The Morgan fingerprint density at radius 2 is 2.20 bits per heavy atom. The first-order valence-electron chi connectivity index (χ1n) is 5.39. The molecule has 0 radical (unpaired) electrons. The van der Waals surface area contributed by atoms with E-state index in [4.69, 9.17) is 5.11 Å². The Balaban J connectivity index is 2.11. The summed E-state index contributed by atoms with van der Waals surface area (Å²) in [5, 5.41) is 8.84. The van der Waals surface area contributed by atoms with Crippen molar-refractivity contribution < 1.29 is 5.11 Å². The molecule has 0 fully saturated rings. The van der Waals surface area contributed by atoms with Gasteiger partial charge in [-0.05, 0) is 24.0 Å². The van der Waals surface area contributed by atoms with Gasteiger partial charge in [0.1, 0.15) is 0 Å². The minimum absolute atomic E-state index is 0.276. The molecule has 1 heterocycles. The maximum atomic E-state index is 8.84. The third-order valence-corrected chi connectivity index (χ3v) is 3.98. The summed E-state index contributed by atoms with van der Waals surface area (Å²) < 4.78 is 0. The standard InChI is InChI=1S/C12H16BrNO/c13-12-11-5-2-1-4-10(11)6-8-14(12)7-3-9-15/h1-2,4-5,12,15H,3,6-9H2. The van der Waals surface area contributed by atoms with Gasteiger partial charge in [0.15, 0.2) is 0 Å². The molecule has 1 aromatic carbocycles. The lowest BCUT2D eigenvalue weighted by Crippen LogP contribution is -2.33. The van der Waals surface area contributed by atoms with Crippen molar-refractivity contribution in [2.45, 2.75) is 17.8 Å². The molecule has 0 saturated heterocycles. The average molecular weight is 270 g/mol. The molecule has 0 aromatic heterocycles. The molecule has 82 valence electrons. The highest BCUT2D eigenvalue weighted by atomic mass is 79.9. The third kappa shape index (κ3) is 2.41. The van der Waals surface area contributed by atoms with E-state index in [1.807, 2.05) is 0 Å². The molecular formula is C12H16BrNO. The van der Waals surface area contributed by atoms with Crippen LogP contribution in [0.25, 0.3) is 0 Å². The normalized spacial score (nSPS) is 21.3. The van der Waals surface area contributed by atoms with Crippen LogP contribution in [0.1, 0.15) is 22.5 Å². The number of fused-ring (bicyclic) bond motifs is 1. The van der Waals surface area contributed by atoms with Gasteiger partial charge in [0, 0.05) is 19.7 Å². The SMILES string of the molecule is OCCCN1CCc2ccccc2C1Br. The smallest absolute Gasteiger partial charge is 0.0914 e. The molecule has 1 N–H and O–H groups in total. The first kappa shape index (κ1) is 11.1. The maximum Gasteiger partial charge on any atom is 0.0914 e. The van der Waals surface area contributed by atoms with Gasteiger partial charge in [-0.1, -0.05) is 40.2 Å². The fourth-order valence-corrected chi connectivity index (χ4v) is 2.92. The molecular weight excluding hydrogens is 254 g/mol. The summed E-state index contributed by atoms with van der Waals surface area (Å²) in [6.45, 7) is 2.31. The highest BCUT2D eigenvalue weighted by Crippen LogP contribution is 2.33. The van der Waals surface area contributed by atoms with Gasteiger partial charge in [0.05, 0.1) is 4.95 Å². The molecule has 0 aliphatic carbocycles. The van der Waals surface area contributed by atoms with Crippen LogP contribution in [0, 0.1) is 0 Å². The highest BCUT2D eigenvalue weighted by Gasteiger charge is 2.23. The Bertz CT molecular complexity index is 329. The van der Waals surface area contributed by atoms with Crippen LogP contribution < -0.4 is 0 Å². The highest BCUT2D eigenvalue weighted by molar-refractivity contribution is 9.09. The number of nitrogens with zero attached hydrogens (tertiary/aromatic N) is 1. The lowest BCUT2D eigenvalue weighted by atomic mass is 10.00. The zero-order chi connectivity index (χ0) is 10.7. The van der Waals surface area contributed by atoms with Crippen LogP contribution in [0.5, 0.6) is 0 Å². The molecule has 0 spiro atoms. The number of aliphatic hydroxyl groups excluding tert-OH is 1. The van der Waals surface area contributed by atoms with Crippen molar-refractivity contribution in [3.63, 3.8) is 0 Å². The predicted octanol–water partition coefficient (Wildman–Crippen LogP) is 2.32. The molecule has 1 aliphatic heterocycles. The van der Waals surface area contributed by atoms with Crippen molar-refractivity contribution in [3.8, 4) is 0 Å². The van der Waals surface area contributed by atoms with E-state index in [0.29, 0.717) is 4.95 Å². The van der Waals surface area contributed by atoms with Crippen molar-refractivity contribution >= 4 is 15.9 Å². The lowest BCUT2D eigenvalue weighted by Gasteiger charge is -2.33. The summed E-state index contributed by atoms with van der Waals surface area (Å²) in [6, 6.07) is 8.57. The second-order valence-corrected chi connectivity index (χ2v) is 4.77. The van der Waals surface area contributed by atoms with Crippen LogP contribution in [0.4, 0.5) is 0 Å². The van der Waals surface area contributed by atoms with E-state index >= 15 is 0 Å². The average Bonchev–Trinajstić information content (AvgIpc) is 2.29. The van der Waals surface area contributed by atoms with Gasteiger partial charge in [0.2, 0.25) is 0 Å². The van der Waals surface area contributed by atoms with E-state index in [-0.39, 0.29) is 6.61 Å². The molecule has 0 amide bonds. The summed E-state index contributed by atoms with van der Waals surface area (Å²) in [7, 11) is 0. The number of hydrogen-bond acceptors (Lipinski definition) is 2. The Morgan fingerprint density at radius 1 is 1.40 bits per heavy atom. The molecule has 1 aliphatic rings. The Labute approximate surface area is 99.0 Å². The largest absolute Gasteiger partial charge is 0.396 e. The summed E-state index contributed by atoms with van der Waals surface area (Å²) in [4.78, 5) is 2.69. The van der Waals surface area contributed by atoms with Crippen LogP contribution >= 0.6 is 15.9 Å². The van der Waals surface area contributed by atoms with E-state index in [1.165, 1.54) is 11.1 Å². The van der Waals surface area contributed by atoms with E-state index in [9.17, 15) is 0 Å². The quantitative estimate of drug-likeness (QED) is 0.673. The minimum atomic E-state index is 0.276. The predicted molar refractivity (Wildman–Crippen MR) is 65.1 cm³/mol. The van der Waals surface area contributed by atoms with Crippen molar-refractivity contribution in [2.24, 2.45) is 0 Å². The Morgan fingerprint density at radius 3 is 3.00 bits per heavy atom. The van der Waals surface area contributed by atoms with E-state index in [1.54, 1.807) is 0 Å². The minimum Gasteiger partial charge on any atom is -0.396 e. The monoisotopic (exact) mass is 269 g/mol. The van der Waals surface area contributed by atoms with Gasteiger partial charge < -0.3 is 5.11 Å². The molecule has 1 atom stereocenters. The summed E-state index contributed by atoms with van der Waals surface area (Å²) in [6.07, 6.45) is 1.97. The molecule has 2 nitrogen and oxygen atoms in total. The summed E-state index contributed by atoms with van der Waals surface area (Å²) in [5.74, 6) is 0. The van der Waals surface area contributed by atoms with Crippen molar-refractivity contribution in [2.75, 3.05) is 19.7 Å². The van der Waals surface area contributed by atoms with Crippen molar-refractivity contribution in [3.05, 3.63) is 35.4 Å². The molecule has 15 heavy (non-hydrogen) atoms. The van der Waals surface area contributed by atoms with Crippen molar-refractivity contribution in [1.29, 1.82) is 0 Å². The Kier molecular flexibility index (Phi) is 3.78. The number of halogens is 1. The molecule has 1 aromatic rings. The fourth-order valence-electron chi connectivity index (χ4n) is 2.07. The second kappa shape index (κ2) is 5.10. The van der Waals surface area contributed by atoms with Gasteiger partial charge in [-0.15, -0.1) is 0 Å². The number of aliphatic hydroxyl groups is 1. The lowest BCUT2D eigenvalue weighted by molar-refractivity contribution is 0.210. The first-order valence-corrected chi connectivity index (χ1v) is 6.31. The van der Waals surface area contributed by atoms with Crippen LogP contribution in [0.2, 0.25) is 0 Å². The number of rotatable bonds is 3. The zero-order valence-electron chi connectivity index (χ0n) is 8.69. The van der Waals surface area contributed by atoms with Crippen LogP contribution in [-0.2, 0) is 6.42 Å². The third-order valence-electron chi connectivity index (χ3n) is 2.90. The number of hydrogen-bond donors (Lipinski definition) is 1. The second-order valence-electron chi connectivity index (χ2n) is 3.90. The van der Waals surface area contributed by atoms with E-state index in [0.717, 1.165) is 25.9 Å². The maximum absolute atomic E-state index is 8.84. The first-order chi connectivity index (χ1) is 7.33. The fraction of sp³-hybridized carbons (Fsp3) is 0.500. The van der Waals surface area contributed by atoms with Crippen LogP contribution in [-0.4, -0.2) is 29.7 Å². The summed E-state index contributed by atoms with van der Waals surface area (Å²) in [5.41, 5.74) is 2.82. The topological polar surface area (TPSA) is 23.5 Å². The molecule has 0 saturated carbocycles. The van der Waals surface area contributed by atoms with Gasteiger partial charge in [-0.2, -0.15) is 0 Å². The van der Waals surface area contributed by atoms with Gasteiger partial charge in [0.25, 0.3) is 0 Å². The van der Waals surface area contributed by atoms with Gasteiger partial charge in [-0.25, -0.2) is 0 Å². The van der Waals surface area contributed by atoms with E-state index < -0.39 is 0 Å². The summed E-state index contributed by atoms with van der Waals surface area (Å²) >= 11 is 3.73.